The molecule has 1 aliphatic rings. The van der Waals surface area contributed by atoms with Crippen LogP contribution >= 0.6 is 0 Å². The molecular weight excluding hydrogens is 267 g/mol. The van der Waals surface area contributed by atoms with Gasteiger partial charge in [0, 0.05) is 30.4 Å². The van der Waals surface area contributed by atoms with Gasteiger partial charge in [0.15, 0.2) is 0 Å². The van der Waals surface area contributed by atoms with E-state index in [0.717, 1.165) is 31.4 Å². The minimum absolute atomic E-state index is 0.141. The monoisotopic (exact) mass is 288 g/mol. The lowest BCUT2D eigenvalue weighted by Gasteiger charge is -2.28. The van der Waals surface area contributed by atoms with E-state index in [-0.39, 0.29) is 11.9 Å². The van der Waals surface area contributed by atoms with Crippen LogP contribution in [-0.4, -0.2) is 14.8 Å². The highest BCUT2D eigenvalue weighted by Crippen LogP contribution is 2.31. The van der Waals surface area contributed by atoms with Crippen molar-refractivity contribution in [3.63, 3.8) is 0 Å². The molecule has 2 aromatic heterocycles. The molecule has 0 spiro atoms. The highest BCUT2D eigenvalue weighted by atomic mass is 19.1. The summed E-state index contributed by atoms with van der Waals surface area (Å²) in [6.45, 7) is 2.12. The summed E-state index contributed by atoms with van der Waals surface area (Å²) in [5.41, 5.74) is 3.51. The summed E-state index contributed by atoms with van der Waals surface area (Å²) >= 11 is 0. The van der Waals surface area contributed by atoms with Crippen molar-refractivity contribution in [2.24, 2.45) is 7.05 Å². The van der Waals surface area contributed by atoms with Crippen LogP contribution in [0.25, 0.3) is 0 Å². The van der Waals surface area contributed by atoms with E-state index in [0.29, 0.717) is 6.04 Å². The first-order valence-corrected chi connectivity index (χ1v) is 7.57. The van der Waals surface area contributed by atoms with Crippen LogP contribution in [0.2, 0.25) is 0 Å². The van der Waals surface area contributed by atoms with Crippen LogP contribution in [0.5, 0.6) is 0 Å². The van der Waals surface area contributed by atoms with E-state index in [1.807, 2.05) is 17.9 Å². The van der Waals surface area contributed by atoms with Crippen molar-refractivity contribution in [3.8, 4) is 0 Å². The molecule has 2 heterocycles. The minimum Gasteiger partial charge on any atom is -0.302 e. The number of hydrogen-bond acceptors (Lipinski definition) is 3. The van der Waals surface area contributed by atoms with Gasteiger partial charge in [0.05, 0.1) is 18.1 Å². The number of hydrogen-bond donors (Lipinski definition) is 1. The smallest absolute Gasteiger partial charge is 0.141 e. The molecule has 3 rings (SSSR count). The molecule has 2 unspecified atom stereocenters. The highest BCUT2D eigenvalue weighted by molar-refractivity contribution is 5.25. The van der Waals surface area contributed by atoms with Gasteiger partial charge in [0.1, 0.15) is 5.82 Å². The minimum atomic E-state index is -0.291. The predicted octanol–water partition coefficient (Wildman–Crippen LogP) is 3.07. The Kier molecular flexibility index (Phi) is 4.01. The summed E-state index contributed by atoms with van der Waals surface area (Å²) < 4.78 is 15.0. The highest BCUT2D eigenvalue weighted by Gasteiger charge is 2.25. The molecule has 1 aliphatic carbocycles. The topological polar surface area (TPSA) is 42.7 Å². The molecule has 0 amide bonds. The van der Waals surface area contributed by atoms with E-state index >= 15 is 0 Å². The maximum absolute atomic E-state index is 13.0. The molecular formula is C16H21FN4. The van der Waals surface area contributed by atoms with Gasteiger partial charge in [-0.25, -0.2) is 4.39 Å². The Bertz CT molecular complexity index is 605. The Balaban J connectivity index is 1.80. The molecule has 5 heteroatoms. The van der Waals surface area contributed by atoms with E-state index in [4.69, 9.17) is 0 Å². The summed E-state index contributed by atoms with van der Waals surface area (Å²) in [5, 5.41) is 8.05. The van der Waals surface area contributed by atoms with E-state index in [1.54, 1.807) is 6.07 Å². The van der Waals surface area contributed by atoms with Gasteiger partial charge in [0.2, 0.25) is 0 Å². The summed E-state index contributed by atoms with van der Waals surface area (Å²) in [6, 6.07) is 3.69. The third kappa shape index (κ3) is 2.83. The van der Waals surface area contributed by atoms with Gasteiger partial charge in [-0.15, -0.1) is 0 Å². The van der Waals surface area contributed by atoms with Crippen LogP contribution < -0.4 is 5.32 Å². The first kappa shape index (κ1) is 14.2. The van der Waals surface area contributed by atoms with Crippen molar-refractivity contribution in [3.05, 3.63) is 47.3 Å². The Morgan fingerprint density at radius 1 is 1.43 bits per heavy atom. The summed E-state index contributed by atoms with van der Waals surface area (Å²) in [6.07, 6.45) is 7.54. The predicted molar refractivity (Wildman–Crippen MR) is 79.2 cm³/mol. The molecule has 0 aliphatic heterocycles. The van der Waals surface area contributed by atoms with Crippen molar-refractivity contribution < 1.29 is 4.39 Å². The standard InChI is InChI=1S/C16H21FN4/c1-3-13(15-8-7-11(17)9-18-15)20-14-5-4-6-16-12(14)10-19-21(16)2/h7-10,13-14,20H,3-6H2,1-2H3. The molecule has 2 aromatic rings. The third-order valence-electron chi connectivity index (χ3n) is 4.29. The molecule has 4 nitrogen and oxygen atoms in total. The van der Waals surface area contributed by atoms with Gasteiger partial charge < -0.3 is 5.32 Å². The zero-order chi connectivity index (χ0) is 14.8. The summed E-state index contributed by atoms with van der Waals surface area (Å²) in [7, 11) is 2.00. The van der Waals surface area contributed by atoms with E-state index in [9.17, 15) is 4.39 Å². The zero-order valence-corrected chi connectivity index (χ0v) is 12.5. The van der Waals surface area contributed by atoms with Crippen LogP contribution in [0.15, 0.2) is 24.5 Å². The van der Waals surface area contributed by atoms with Crippen LogP contribution in [0, 0.1) is 5.82 Å². The van der Waals surface area contributed by atoms with Crippen molar-refractivity contribution in [2.75, 3.05) is 0 Å². The Labute approximate surface area is 124 Å². The second kappa shape index (κ2) is 5.93. The zero-order valence-electron chi connectivity index (χ0n) is 12.5. The molecule has 0 saturated heterocycles. The first-order valence-electron chi connectivity index (χ1n) is 7.57. The van der Waals surface area contributed by atoms with Crippen LogP contribution in [0.3, 0.4) is 0 Å². The maximum atomic E-state index is 13.0. The molecule has 0 fully saturated rings. The quantitative estimate of drug-likeness (QED) is 0.940. The van der Waals surface area contributed by atoms with Crippen molar-refractivity contribution >= 4 is 0 Å². The molecule has 0 bridgehead atoms. The fraction of sp³-hybridized carbons (Fsp3) is 0.500. The van der Waals surface area contributed by atoms with E-state index in [1.165, 1.54) is 23.5 Å². The van der Waals surface area contributed by atoms with Crippen molar-refractivity contribution in [1.82, 2.24) is 20.1 Å². The van der Waals surface area contributed by atoms with Gasteiger partial charge in [-0.1, -0.05) is 6.92 Å². The largest absolute Gasteiger partial charge is 0.302 e. The average molecular weight is 288 g/mol. The second-order valence-electron chi connectivity index (χ2n) is 5.64. The average Bonchev–Trinajstić information content (AvgIpc) is 2.88. The fourth-order valence-electron chi connectivity index (χ4n) is 3.13. The second-order valence-corrected chi connectivity index (χ2v) is 5.64. The number of aryl methyl sites for hydroxylation is 1. The Morgan fingerprint density at radius 3 is 3.00 bits per heavy atom. The van der Waals surface area contributed by atoms with Crippen LogP contribution in [0.1, 0.15) is 55.2 Å². The number of pyridine rings is 1. The Hall–Kier alpha value is -1.75. The number of nitrogens with one attached hydrogen (secondary N) is 1. The van der Waals surface area contributed by atoms with Crippen LogP contribution in [-0.2, 0) is 13.5 Å². The number of aromatic nitrogens is 3. The molecule has 21 heavy (non-hydrogen) atoms. The fourth-order valence-corrected chi connectivity index (χ4v) is 3.13. The van der Waals surface area contributed by atoms with Gasteiger partial charge in [-0.05, 0) is 37.8 Å². The molecule has 112 valence electrons. The lowest BCUT2D eigenvalue weighted by molar-refractivity contribution is 0.385. The van der Waals surface area contributed by atoms with Crippen molar-refractivity contribution in [1.29, 1.82) is 0 Å². The van der Waals surface area contributed by atoms with Gasteiger partial charge >= 0.3 is 0 Å². The maximum Gasteiger partial charge on any atom is 0.141 e. The van der Waals surface area contributed by atoms with Crippen LogP contribution in [0.4, 0.5) is 4.39 Å². The van der Waals surface area contributed by atoms with Gasteiger partial charge in [-0.3, -0.25) is 9.67 Å². The number of halogens is 1. The van der Waals surface area contributed by atoms with Crippen molar-refractivity contribution in [2.45, 2.75) is 44.7 Å². The van der Waals surface area contributed by atoms with Gasteiger partial charge in [0.25, 0.3) is 0 Å². The molecule has 0 aromatic carbocycles. The molecule has 0 saturated carbocycles. The van der Waals surface area contributed by atoms with Gasteiger partial charge in [-0.2, -0.15) is 5.10 Å². The number of rotatable bonds is 4. The normalized spacial score (nSPS) is 19.3. The first-order chi connectivity index (χ1) is 10.2. The number of fused-ring (bicyclic) bond motifs is 1. The van der Waals surface area contributed by atoms with E-state index in [2.05, 4.69) is 22.3 Å². The third-order valence-corrected chi connectivity index (χ3v) is 4.29. The molecule has 1 N–H and O–H groups in total. The summed E-state index contributed by atoms with van der Waals surface area (Å²) in [5.74, 6) is -0.291. The SMILES string of the molecule is CCC(NC1CCCc2c1cnn2C)c1ccc(F)cn1. The summed E-state index contributed by atoms with van der Waals surface area (Å²) in [4.78, 5) is 4.22. The molecule has 2 atom stereocenters. The number of nitrogens with zero attached hydrogens (tertiary/aromatic N) is 3. The van der Waals surface area contributed by atoms with E-state index < -0.39 is 0 Å². The lowest BCUT2D eigenvalue weighted by Crippen LogP contribution is -2.29. The lowest BCUT2D eigenvalue weighted by atomic mass is 9.92. The molecule has 0 radical (unpaired) electrons. The Morgan fingerprint density at radius 2 is 2.29 bits per heavy atom.